The molecule has 1 rings (SSSR count). The van der Waals surface area contributed by atoms with Gasteiger partial charge in [0.15, 0.2) is 0 Å². The van der Waals surface area contributed by atoms with Gasteiger partial charge in [0.05, 0.1) is 12.6 Å². The Hall–Kier alpha value is -1.10. The number of amides is 2. The van der Waals surface area contributed by atoms with Gasteiger partial charge in [0.25, 0.3) is 0 Å². The van der Waals surface area contributed by atoms with Gasteiger partial charge in [-0.25, -0.2) is 0 Å². The molecule has 19 heavy (non-hydrogen) atoms. The third-order valence-electron chi connectivity index (χ3n) is 3.57. The molecule has 1 heterocycles. The van der Waals surface area contributed by atoms with E-state index in [0.29, 0.717) is 6.54 Å². The molecule has 0 aromatic rings. The minimum absolute atomic E-state index is 0.0272. The summed E-state index contributed by atoms with van der Waals surface area (Å²) >= 11 is 0. The average molecular weight is 269 g/mol. The van der Waals surface area contributed by atoms with E-state index in [1.54, 1.807) is 19.0 Å². The summed E-state index contributed by atoms with van der Waals surface area (Å²) in [7, 11) is 3.53. The van der Waals surface area contributed by atoms with Gasteiger partial charge in [0.2, 0.25) is 11.8 Å². The molecule has 110 valence electrons. The Morgan fingerprint density at radius 1 is 1.42 bits per heavy atom. The standard InChI is InChI=1S/C14H27N3O2/c1-5-7-11(2)15-13(18)10-17-9-6-8-12(17)14(19)16(3)4/h11-12H,5-10H2,1-4H3,(H,15,18)/t11-,12+/m1/s1. The molecular weight excluding hydrogens is 242 g/mol. The second-order valence-corrected chi connectivity index (χ2v) is 5.62. The first-order valence-corrected chi connectivity index (χ1v) is 7.20. The number of nitrogens with one attached hydrogen (secondary N) is 1. The summed E-state index contributed by atoms with van der Waals surface area (Å²) in [6, 6.07) is 0.0883. The molecule has 0 saturated carbocycles. The molecule has 2 atom stereocenters. The van der Waals surface area contributed by atoms with Crippen LogP contribution in [0, 0.1) is 0 Å². The van der Waals surface area contributed by atoms with Crippen molar-refractivity contribution in [3.8, 4) is 0 Å². The van der Waals surface area contributed by atoms with Gasteiger partial charge in [0, 0.05) is 20.1 Å². The van der Waals surface area contributed by atoms with Crippen molar-refractivity contribution in [2.45, 2.75) is 51.6 Å². The van der Waals surface area contributed by atoms with Crippen molar-refractivity contribution in [1.29, 1.82) is 0 Å². The maximum absolute atomic E-state index is 12.0. The highest BCUT2D eigenvalue weighted by molar-refractivity contribution is 5.83. The maximum Gasteiger partial charge on any atom is 0.239 e. The predicted octanol–water partition coefficient (Wildman–Crippen LogP) is 0.844. The molecule has 5 nitrogen and oxygen atoms in total. The van der Waals surface area contributed by atoms with E-state index in [4.69, 9.17) is 0 Å². The van der Waals surface area contributed by atoms with Gasteiger partial charge in [-0.3, -0.25) is 14.5 Å². The first-order chi connectivity index (χ1) is 8.95. The largest absolute Gasteiger partial charge is 0.353 e. The molecule has 0 radical (unpaired) electrons. The summed E-state index contributed by atoms with van der Waals surface area (Å²) < 4.78 is 0. The lowest BCUT2D eigenvalue weighted by atomic mass is 10.2. The third-order valence-corrected chi connectivity index (χ3v) is 3.57. The van der Waals surface area contributed by atoms with Crippen molar-refractivity contribution < 1.29 is 9.59 Å². The Kier molecular flexibility index (Phi) is 6.28. The summed E-state index contributed by atoms with van der Waals surface area (Å²) in [5.74, 6) is 0.131. The molecule has 2 amide bonds. The number of hydrogen-bond acceptors (Lipinski definition) is 3. The summed E-state index contributed by atoms with van der Waals surface area (Å²) in [5.41, 5.74) is 0. The van der Waals surface area contributed by atoms with Crippen molar-refractivity contribution in [2.75, 3.05) is 27.2 Å². The van der Waals surface area contributed by atoms with Crippen molar-refractivity contribution in [3.05, 3.63) is 0 Å². The summed E-state index contributed by atoms with van der Waals surface area (Å²) in [6.07, 6.45) is 3.90. The minimum Gasteiger partial charge on any atom is -0.353 e. The Balaban J connectivity index is 2.46. The molecule has 1 aliphatic heterocycles. The zero-order chi connectivity index (χ0) is 14.4. The fourth-order valence-corrected chi connectivity index (χ4v) is 2.60. The van der Waals surface area contributed by atoms with Gasteiger partial charge in [-0.1, -0.05) is 13.3 Å². The highest BCUT2D eigenvalue weighted by Crippen LogP contribution is 2.18. The zero-order valence-corrected chi connectivity index (χ0v) is 12.6. The van der Waals surface area contributed by atoms with Crippen LogP contribution < -0.4 is 5.32 Å². The molecule has 0 aromatic heterocycles. The monoisotopic (exact) mass is 269 g/mol. The quantitative estimate of drug-likeness (QED) is 0.777. The molecular formula is C14H27N3O2. The van der Waals surface area contributed by atoms with Crippen molar-refractivity contribution in [3.63, 3.8) is 0 Å². The van der Waals surface area contributed by atoms with Gasteiger partial charge in [0.1, 0.15) is 0 Å². The summed E-state index contributed by atoms with van der Waals surface area (Å²) in [4.78, 5) is 27.6. The van der Waals surface area contributed by atoms with Gasteiger partial charge < -0.3 is 10.2 Å². The minimum atomic E-state index is -0.123. The topological polar surface area (TPSA) is 52.7 Å². The lowest BCUT2D eigenvalue weighted by Gasteiger charge is -2.26. The third kappa shape index (κ3) is 4.82. The van der Waals surface area contributed by atoms with E-state index in [1.807, 2.05) is 11.8 Å². The first kappa shape index (κ1) is 16.0. The SMILES string of the molecule is CCC[C@@H](C)NC(=O)CN1CCC[C@H]1C(=O)N(C)C. The summed E-state index contributed by atoms with van der Waals surface area (Å²) in [5, 5.41) is 2.99. The molecule has 0 unspecified atom stereocenters. The van der Waals surface area contributed by atoms with E-state index in [-0.39, 0.29) is 23.9 Å². The van der Waals surface area contributed by atoms with Gasteiger partial charge in [-0.2, -0.15) is 0 Å². The van der Waals surface area contributed by atoms with Gasteiger partial charge in [-0.05, 0) is 32.7 Å². The van der Waals surface area contributed by atoms with Crippen LogP contribution >= 0.6 is 0 Å². The fraction of sp³-hybridized carbons (Fsp3) is 0.857. The van der Waals surface area contributed by atoms with Crippen LogP contribution in [0.2, 0.25) is 0 Å². The molecule has 1 saturated heterocycles. The van der Waals surface area contributed by atoms with Crippen LogP contribution in [0.3, 0.4) is 0 Å². The van der Waals surface area contributed by atoms with Crippen molar-refractivity contribution >= 4 is 11.8 Å². The first-order valence-electron chi connectivity index (χ1n) is 7.20. The molecule has 0 spiro atoms. The number of carbonyl (C=O) groups is 2. The fourth-order valence-electron chi connectivity index (χ4n) is 2.60. The van der Waals surface area contributed by atoms with Crippen LogP contribution in [0.1, 0.15) is 39.5 Å². The number of hydrogen-bond donors (Lipinski definition) is 1. The molecule has 1 aliphatic rings. The number of likely N-dealkylation sites (N-methyl/N-ethyl adjacent to an activating group) is 1. The molecule has 0 aliphatic carbocycles. The van der Waals surface area contributed by atoms with Crippen LogP contribution in [-0.2, 0) is 9.59 Å². The maximum atomic E-state index is 12.0. The zero-order valence-electron chi connectivity index (χ0n) is 12.6. The Bertz CT molecular complexity index is 318. The molecule has 1 fully saturated rings. The molecule has 5 heteroatoms. The van der Waals surface area contributed by atoms with Crippen LogP contribution in [0.25, 0.3) is 0 Å². The number of nitrogens with zero attached hydrogens (tertiary/aromatic N) is 2. The van der Waals surface area contributed by atoms with Crippen LogP contribution in [0.5, 0.6) is 0 Å². The lowest BCUT2D eigenvalue weighted by molar-refractivity contribution is -0.134. The van der Waals surface area contributed by atoms with Crippen molar-refractivity contribution in [2.24, 2.45) is 0 Å². The molecule has 0 bridgehead atoms. The van der Waals surface area contributed by atoms with E-state index in [0.717, 1.165) is 32.2 Å². The number of rotatable bonds is 6. The summed E-state index contributed by atoms with van der Waals surface area (Å²) in [6.45, 7) is 5.29. The molecule has 1 N–H and O–H groups in total. The van der Waals surface area contributed by atoms with Crippen LogP contribution in [0.4, 0.5) is 0 Å². The van der Waals surface area contributed by atoms with Gasteiger partial charge in [-0.15, -0.1) is 0 Å². The van der Waals surface area contributed by atoms with Crippen LogP contribution in [0.15, 0.2) is 0 Å². The highest BCUT2D eigenvalue weighted by atomic mass is 16.2. The normalized spacial score (nSPS) is 21.2. The highest BCUT2D eigenvalue weighted by Gasteiger charge is 2.32. The molecule has 0 aromatic carbocycles. The second-order valence-electron chi connectivity index (χ2n) is 5.62. The van der Waals surface area contributed by atoms with Gasteiger partial charge >= 0.3 is 0 Å². The smallest absolute Gasteiger partial charge is 0.239 e. The van der Waals surface area contributed by atoms with Crippen LogP contribution in [-0.4, -0.2) is 60.9 Å². The average Bonchev–Trinajstić information content (AvgIpc) is 2.75. The van der Waals surface area contributed by atoms with E-state index in [2.05, 4.69) is 12.2 Å². The Labute approximate surface area is 116 Å². The number of carbonyl (C=O) groups excluding carboxylic acids is 2. The van der Waals surface area contributed by atoms with E-state index >= 15 is 0 Å². The van der Waals surface area contributed by atoms with E-state index in [1.165, 1.54) is 0 Å². The van der Waals surface area contributed by atoms with E-state index < -0.39 is 0 Å². The Morgan fingerprint density at radius 3 is 2.68 bits per heavy atom. The Morgan fingerprint density at radius 2 is 2.11 bits per heavy atom. The van der Waals surface area contributed by atoms with Crippen molar-refractivity contribution in [1.82, 2.24) is 15.1 Å². The predicted molar refractivity (Wildman–Crippen MR) is 75.8 cm³/mol. The lowest BCUT2D eigenvalue weighted by Crippen LogP contribution is -2.47. The number of likely N-dealkylation sites (tertiary alicyclic amines) is 1. The second kappa shape index (κ2) is 7.48. The van der Waals surface area contributed by atoms with E-state index in [9.17, 15) is 9.59 Å².